The molecule has 0 radical (unpaired) electrons. The van der Waals surface area contributed by atoms with E-state index in [-0.39, 0.29) is 5.91 Å². The number of amides is 1. The highest BCUT2D eigenvalue weighted by Crippen LogP contribution is 2.30. The van der Waals surface area contributed by atoms with Gasteiger partial charge in [-0.1, -0.05) is 26.0 Å². The van der Waals surface area contributed by atoms with Crippen molar-refractivity contribution < 1.29 is 14.3 Å². The third-order valence-corrected chi connectivity index (χ3v) is 4.40. The predicted molar refractivity (Wildman–Crippen MR) is 113 cm³/mol. The molecule has 0 spiro atoms. The Kier molecular flexibility index (Phi) is 6.29. The first kappa shape index (κ1) is 20.1. The number of benzene rings is 2. The van der Waals surface area contributed by atoms with E-state index in [4.69, 9.17) is 9.47 Å². The molecule has 7 heteroatoms. The number of hydrogen-bond acceptors (Lipinski definition) is 6. The lowest BCUT2D eigenvalue weighted by atomic mass is 10.0. The highest BCUT2D eigenvalue weighted by atomic mass is 16.5. The summed E-state index contributed by atoms with van der Waals surface area (Å²) < 4.78 is 10.5. The minimum Gasteiger partial charge on any atom is -0.497 e. The first-order chi connectivity index (χ1) is 14.0. The van der Waals surface area contributed by atoms with E-state index >= 15 is 0 Å². The van der Waals surface area contributed by atoms with Gasteiger partial charge in [0.15, 0.2) is 0 Å². The van der Waals surface area contributed by atoms with Gasteiger partial charge in [-0.15, -0.1) is 0 Å². The smallest absolute Gasteiger partial charge is 0.258 e. The molecule has 0 atom stereocenters. The number of aromatic nitrogens is 2. The molecule has 1 heterocycles. The summed E-state index contributed by atoms with van der Waals surface area (Å²) in [4.78, 5) is 20.9. The number of anilines is 3. The van der Waals surface area contributed by atoms with Crippen LogP contribution in [0.3, 0.4) is 0 Å². The van der Waals surface area contributed by atoms with Crippen molar-refractivity contribution in [1.29, 1.82) is 0 Å². The van der Waals surface area contributed by atoms with Crippen LogP contribution in [0.5, 0.6) is 11.5 Å². The number of carbonyl (C=O) groups is 1. The predicted octanol–water partition coefficient (Wildman–Crippen LogP) is 4.61. The van der Waals surface area contributed by atoms with Crippen molar-refractivity contribution in [1.82, 2.24) is 9.97 Å². The third-order valence-electron chi connectivity index (χ3n) is 4.40. The van der Waals surface area contributed by atoms with Crippen LogP contribution in [0.4, 0.5) is 17.3 Å². The summed E-state index contributed by atoms with van der Waals surface area (Å²) >= 11 is 0. The SMILES string of the molecule is COc1ccc(Nc2ncc(C(=O)Nc3ccc(C(C)C)cc3)cn2)c(OC)c1. The molecule has 0 fully saturated rings. The van der Waals surface area contributed by atoms with Gasteiger partial charge in [0.25, 0.3) is 5.91 Å². The van der Waals surface area contributed by atoms with Crippen LogP contribution in [0.1, 0.15) is 35.7 Å². The number of ether oxygens (including phenoxy) is 2. The molecule has 0 saturated carbocycles. The second kappa shape index (κ2) is 9.05. The normalized spacial score (nSPS) is 10.5. The van der Waals surface area contributed by atoms with Gasteiger partial charge in [0, 0.05) is 24.1 Å². The van der Waals surface area contributed by atoms with Crippen LogP contribution in [-0.2, 0) is 0 Å². The number of methoxy groups -OCH3 is 2. The standard InChI is InChI=1S/C22H24N4O3/c1-14(2)15-5-7-17(8-6-15)25-21(27)16-12-23-22(24-13-16)26-19-10-9-18(28-3)11-20(19)29-4/h5-14H,1-4H3,(H,25,27)(H,23,24,26). The summed E-state index contributed by atoms with van der Waals surface area (Å²) in [5, 5.41) is 5.92. The molecule has 0 saturated heterocycles. The number of carbonyl (C=O) groups excluding carboxylic acids is 1. The zero-order valence-electron chi connectivity index (χ0n) is 16.9. The van der Waals surface area contributed by atoms with E-state index in [9.17, 15) is 4.79 Å². The first-order valence-corrected chi connectivity index (χ1v) is 9.22. The topological polar surface area (TPSA) is 85.4 Å². The molecular formula is C22H24N4O3. The van der Waals surface area contributed by atoms with Gasteiger partial charge in [0.1, 0.15) is 11.5 Å². The Hall–Kier alpha value is -3.61. The van der Waals surface area contributed by atoms with Crippen molar-refractivity contribution in [3.8, 4) is 11.5 Å². The molecule has 0 unspecified atom stereocenters. The number of nitrogens with one attached hydrogen (secondary N) is 2. The van der Waals surface area contributed by atoms with Crippen molar-refractivity contribution >= 4 is 23.2 Å². The van der Waals surface area contributed by atoms with Gasteiger partial charge in [0.2, 0.25) is 5.95 Å². The van der Waals surface area contributed by atoms with Gasteiger partial charge in [-0.25, -0.2) is 9.97 Å². The van der Waals surface area contributed by atoms with Crippen molar-refractivity contribution in [3.05, 3.63) is 66.0 Å². The monoisotopic (exact) mass is 392 g/mol. The number of rotatable bonds is 7. The molecule has 0 aliphatic carbocycles. The summed E-state index contributed by atoms with van der Waals surface area (Å²) in [7, 11) is 3.16. The van der Waals surface area contributed by atoms with Gasteiger partial charge < -0.3 is 20.1 Å². The van der Waals surface area contributed by atoms with Gasteiger partial charge in [-0.2, -0.15) is 0 Å². The number of hydrogen-bond donors (Lipinski definition) is 2. The lowest BCUT2D eigenvalue weighted by Crippen LogP contribution is -2.13. The van der Waals surface area contributed by atoms with Gasteiger partial charge in [0.05, 0.1) is 25.5 Å². The maximum absolute atomic E-state index is 12.4. The van der Waals surface area contributed by atoms with Crippen molar-refractivity contribution in [2.24, 2.45) is 0 Å². The van der Waals surface area contributed by atoms with E-state index in [2.05, 4.69) is 34.4 Å². The van der Waals surface area contributed by atoms with Crippen LogP contribution in [0, 0.1) is 0 Å². The zero-order chi connectivity index (χ0) is 20.8. The highest BCUT2D eigenvalue weighted by molar-refractivity contribution is 6.03. The molecule has 3 rings (SSSR count). The van der Waals surface area contributed by atoms with Crippen molar-refractivity contribution in [3.63, 3.8) is 0 Å². The lowest BCUT2D eigenvalue weighted by molar-refractivity contribution is 0.102. The Morgan fingerprint density at radius 2 is 1.66 bits per heavy atom. The Morgan fingerprint density at radius 1 is 0.966 bits per heavy atom. The molecule has 2 aromatic carbocycles. The van der Waals surface area contributed by atoms with Crippen molar-refractivity contribution in [2.45, 2.75) is 19.8 Å². The van der Waals surface area contributed by atoms with Gasteiger partial charge in [-0.3, -0.25) is 4.79 Å². The maximum atomic E-state index is 12.4. The van der Waals surface area contributed by atoms with E-state index in [0.717, 1.165) is 5.69 Å². The molecule has 0 bridgehead atoms. The molecule has 7 nitrogen and oxygen atoms in total. The largest absolute Gasteiger partial charge is 0.497 e. The molecule has 1 aromatic heterocycles. The van der Waals surface area contributed by atoms with E-state index in [1.165, 1.54) is 18.0 Å². The Bertz CT molecular complexity index is 970. The van der Waals surface area contributed by atoms with Crippen LogP contribution in [0.15, 0.2) is 54.9 Å². The average Bonchev–Trinajstić information content (AvgIpc) is 2.74. The molecular weight excluding hydrogens is 368 g/mol. The Balaban J connectivity index is 1.67. The van der Waals surface area contributed by atoms with E-state index in [1.807, 2.05) is 30.3 Å². The van der Waals surface area contributed by atoms with Crippen LogP contribution in [0.2, 0.25) is 0 Å². The molecule has 0 aliphatic heterocycles. The molecule has 150 valence electrons. The van der Waals surface area contributed by atoms with Gasteiger partial charge >= 0.3 is 0 Å². The maximum Gasteiger partial charge on any atom is 0.258 e. The second-order valence-corrected chi connectivity index (χ2v) is 6.72. The summed E-state index contributed by atoms with van der Waals surface area (Å²) in [6.45, 7) is 4.25. The molecule has 0 aliphatic rings. The first-order valence-electron chi connectivity index (χ1n) is 9.22. The van der Waals surface area contributed by atoms with Crippen LogP contribution in [-0.4, -0.2) is 30.1 Å². The van der Waals surface area contributed by atoms with E-state index in [0.29, 0.717) is 34.6 Å². The second-order valence-electron chi connectivity index (χ2n) is 6.72. The molecule has 29 heavy (non-hydrogen) atoms. The van der Waals surface area contributed by atoms with Crippen LogP contribution < -0.4 is 20.1 Å². The zero-order valence-corrected chi connectivity index (χ0v) is 16.9. The fourth-order valence-electron chi connectivity index (χ4n) is 2.69. The van der Waals surface area contributed by atoms with Crippen LogP contribution >= 0.6 is 0 Å². The summed E-state index contributed by atoms with van der Waals surface area (Å²) in [5.74, 6) is 1.81. The summed E-state index contributed by atoms with van der Waals surface area (Å²) in [5.41, 5.74) is 3.00. The summed E-state index contributed by atoms with van der Waals surface area (Å²) in [6, 6.07) is 13.2. The number of nitrogens with zero attached hydrogens (tertiary/aromatic N) is 2. The minimum absolute atomic E-state index is 0.268. The van der Waals surface area contributed by atoms with Crippen molar-refractivity contribution in [2.75, 3.05) is 24.9 Å². The molecule has 1 amide bonds. The van der Waals surface area contributed by atoms with E-state index in [1.54, 1.807) is 26.4 Å². The van der Waals surface area contributed by atoms with E-state index < -0.39 is 0 Å². The quantitative estimate of drug-likeness (QED) is 0.611. The highest BCUT2D eigenvalue weighted by Gasteiger charge is 2.10. The fraction of sp³-hybridized carbons (Fsp3) is 0.227. The molecule has 3 aromatic rings. The Labute approximate surface area is 170 Å². The lowest BCUT2D eigenvalue weighted by Gasteiger charge is -2.11. The third kappa shape index (κ3) is 5.01. The Morgan fingerprint density at radius 3 is 2.24 bits per heavy atom. The molecule has 2 N–H and O–H groups in total. The average molecular weight is 392 g/mol. The minimum atomic E-state index is -0.268. The van der Waals surface area contributed by atoms with Crippen LogP contribution in [0.25, 0.3) is 0 Å². The summed E-state index contributed by atoms with van der Waals surface area (Å²) in [6.07, 6.45) is 2.95. The van der Waals surface area contributed by atoms with Gasteiger partial charge in [-0.05, 0) is 35.7 Å². The fourth-order valence-corrected chi connectivity index (χ4v) is 2.69.